The molecule has 0 bridgehead atoms. The molecule has 3 rings (SSSR count). The van der Waals surface area contributed by atoms with E-state index in [1.54, 1.807) is 14.1 Å². The number of anilines is 1. The van der Waals surface area contributed by atoms with Gasteiger partial charge in [-0.1, -0.05) is 17.3 Å². The first kappa shape index (κ1) is 18.6. The molecule has 0 aromatic carbocycles. The quantitative estimate of drug-likeness (QED) is 0.607. The summed E-state index contributed by atoms with van der Waals surface area (Å²) in [6.07, 6.45) is -4.65. The molecule has 0 saturated carbocycles. The van der Waals surface area contributed by atoms with Gasteiger partial charge in [-0.25, -0.2) is 14.3 Å². The number of thiocarbonyl (C=S) groups is 1. The summed E-state index contributed by atoms with van der Waals surface area (Å²) < 4.78 is 47.0. The normalized spacial score (nSPS) is 11.4. The van der Waals surface area contributed by atoms with Gasteiger partial charge in [-0.05, 0) is 33.0 Å². The van der Waals surface area contributed by atoms with Crippen molar-refractivity contribution >= 4 is 23.2 Å². The summed E-state index contributed by atoms with van der Waals surface area (Å²) in [6.45, 7) is -0.209. The minimum absolute atomic E-state index is 0.0280. The highest BCUT2D eigenvalue weighted by Gasteiger charge is 2.33. The van der Waals surface area contributed by atoms with Crippen LogP contribution in [0.1, 0.15) is 17.1 Å². The highest BCUT2D eigenvalue weighted by molar-refractivity contribution is 7.81. The summed E-state index contributed by atoms with van der Waals surface area (Å²) in [6, 6.07) is 1.95. The Morgan fingerprint density at radius 1 is 1.15 bits per heavy atom. The van der Waals surface area contributed by atoms with E-state index < -0.39 is 11.9 Å². The summed E-state index contributed by atoms with van der Waals surface area (Å²) in [4.78, 5) is 3.56. The first-order chi connectivity index (χ1) is 12.8. The molecule has 0 aliphatic carbocycles. The molecule has 0 aliphatic rings. The van der Waals surface area contributed by atoms with E-state index in [1.807, 2.05) is 0 Å². The third kappa shape index (κ3) is 4.13. The summed E-state index contributed by atoms with van der Waals surface area (Å²) in [7, 11) is 3.13. The van der Waals surface area contributed by atoms with Crippen LogP contribution in [0.5, 0.6) is 5.88 Å². The smallest absolute Gasteiger partial charge is 0.433 e. The number of ether oxygens (including phenoxy) is 1. The number of nitrogens with zero attached hydrogens (tertiary/aromatic N) is 9. The standard InChI is InChI=1S/C12H11F3N10OS/c1-24-8(18-20-22-24)5-26-9-6(3-4-7(16-9)12(13,14)15)10(27)17-11-19-21-23-25(11)2/h3-4H,5H2,1-2H3,(H,17,19,23,27). The van der Waals surface area contributed by atoms with Gasteiger partial charge in [0.15, 0.2) is 12.4 Å². The van der Waals surface area contributed by atoms with Crippen molar-refractivity contribution < 1.29 is 17.9 Å². The molecule has 0 saturated heterocycles. The number of nitrogens with one attached hydrogen (secondary N) is 1. The fourth-order valence-electron chi connectivity index (χ4n) is 1.89. The lowest BCUT2D eigenvalue weighted by Gasteiger charge is -2.14. The minimum atomic E-state index is -4.65. The maximum atomic E-state index is 13.0. The lowest BCUT2D eigenvalue weighted by molar-refractivity contribution is -0.141. The number of rotatable bonds is 5. The maximum absolute atomic E-state index is 13.0. The van der Waals surface area contributed by atoms with Crippen molar-refractivity contribution in [3.63, 3.8) is 0 Å². The van der Waals surface area contributed by atoms with Crippen molar-refractivity contribution in [3.8, 4) is 5.88 Å². The van der Waals surface area contributed by atoms with Crippen LogP contribution in [0.4, 0.5) is 19.1 Å². The fourth-order valence-corrected chi connectivity index (χ4v) is 2.14. The van der Waals surface area contributed by atoms with Gasteiger partial charge in [0.25, 0.3) is 0 Å². The SMILES string of the molecule is Cn1nnnc1COc1nc(C(F)(F)F)ccc1C(=S)Nc1nnnn1C. The molecule has 0 atom stereocenters. The molecule has 0 spiro atoms. The average Bonchev–Trinajstić information content (AvgIpc) is 3.20. The van der Waals surface area contributed by atoms with Gasteiger partial charge in [0.05, 0.1) is 5.56 Å². The number of aryl methyl sites for hydroxylation is 2. The molecule has 0 radical (unpaired) electrons. The number of aromatic nitrogens is 9. The molecule has 3 aromatic rings. The van der Waals surface area contributed by atoms with Crippen LogP contribution in [0.2, 0.25) is 0 Å². The molecule has 11 nitrogen and oxygen atoms in total. The largest absolute Gasteiger partial charge is 0.469 e. The Labute approximate surface area is 154 Å². The Morgan fingerprint density at radius 3 is 2.44 bits per heavy atom. The van der Waals surface area contributed by atoms with Gasteiger partial charge < -0.3 is 10.1 Å². The molecule has 3 heterocycles. The van der Waals surface area contributed by atoms with E-state index in [2.05, 4.69) is 41.4 Å². The second-order valence-electron chi connectivity index (χ2n) is 5.13. The van der Waals surface area contributed by atoms with Crippen molar-refractivity contribution in [2.45, 2.75) is 12.8 Å². The van der Waals surface area contributed by atoms with Crippen LogP contribution in [-0.2, 0) is 26.9 Å². The zero-order valence-corrected chi connectivity index (χ0v) is 14.7. The van der Waals surface area contributed by atoms with Crippen LogP contribution in [-0.4, -0.2) is 50.4 Å². The van der Waals surface area contributed by atoms with E-state index in [1.165, 1.54) is 9.36 Å². The van der Waals surface area contributed by atoms with E-state index in [4.69, 9.17) is 17.0 Å². The molecular weight excluding hydrogens is 389 g/mol. The van der Waals surface area contributed by atoms with Crippen LogP contribution < -0.4 is 10.1 Å². The molecule has 0 fully saturated rings. The Hall–Kier alpha value is -3.23. The Kier molecular flexibility index (Phi) is 4.93. The van der Waals surface area contributed by atoms with Crippen LogP contribution in [0.25, 0.3) is 0 Å². The summed E-state index contributed by atoms with van der Waals surface area (Å²) in [5.74, 6) is 0.153. The number of tetrazole rings is 2. The van der Waals surface area contributed by atoms with E-state index in [0.717, 1.165) is 12.1 Å². The summed E-state index contributed by atoms with van der Waals surface area (Å²) in [5.41, 5.74) is -1.00. The highest BCUT2D eigenvalue weighted by atomic mass is 32.1. The van der Waals surface area contributed by atoms with Crippen LogP contribution in [0, 0.1) is 0 Å². The molecule has 142 valence electrons. The molecule has 3 aromatic heterocycles. The predicted octanol–water partition coefficient (Wildman–Crippen LogP) is 0.514. The minimum Gasteiger partial charge on any atom is -0.469 e. The number of hydrogen-bond acceptors (Lipinski definition) is 9. The third-order valence-electron chi connectivity index (χ3n) is 3.29. The molecule has 1 N–H and O–H groups in total. The topological polar surface area (TPSA) is 121 Å². The van der Waals surface area contributed by atoms with Crippen molar-refractivity contribution in [1.29, 1.82) is 0 Å². The van der Waals surface area contributed by atoms with Crippen molar-refractivity contribution in [1.82, 2.24) is 45.4 Å². The van der Waals surface area contributed by atoms with Gasteiger partial charge in [-0.15, -0.1) is 5.10 Å². The molecule has 0 unspecified atom stereocenters. The van der Waals surface area contributed by atoms with E-state index >= 15 is 0 Å². The zero-order chi connectivity index (χ0) is 19.6. The van der Waals surface area contributed by atoms with Crippen LogP contribution in [0.3, 0.4) is 0 Å². The average molecular weight is 400 g/mol. The second-order valence-corrected chi connectivity index (χ2v) is 5.54. The fraction of sp³-hybridized carbons (Fsp3) is 0.333. The van der Waals surface area contributed by atoms with Gasteiger partial charge in [-0.2, -0.15) is 13.2 Å². The number of hydrogen-bond donors (Lipinski definition) is 1. The van der Waals surface area contributed by atoms with Gasteiger partial charge in [0.2, 0.25) is 11.8 Å². The van der Waals surface area contributed by atoms with Gasteiger partial charge in [-0.3, -0.25) is 0 Å². The summed E-state index contributed by atoms with van der Waals surface area (Å²) in [5, 5.41) is 24.2. The molecule has 0 amide bonds. The van der Waals surface area contributed by atoms with Gasteiger partial charge in [0.1, 0.15) is 10.7 Å². The first-order valence-electron chi connectivity index (χ1n) is 7.21. The first-order valence-corrected chi connectivity index (χ1v) is 7.62. The van der Waals surface area contributed by atoms with Crippen LogP contribution >= 0.6 is 12.2 Å². The monoisotopic (exact) mass is 400 g/mol. The maximum Gasteiger partial charge on any atom is 0.433 e. The van der Waals surface area contributed by atoms with Crippen LogP contribution in [0.15, 0.2) is 12.1 Å². The van der Waals surface area contributed by atoms with Gasteiger partial charge in [0, 0.05) is 14.1 Å². The summed E-state index contributed by atoms with van der Waals surface area (Å²) >= 11 is 5.23. The van der Waals surface area contributed by atoms with Crippen molar-refractivity contribution in [3.05, 3.63) is 29.2 Å². The molecule has 15 heteroatoms. The zero-order valence-electron chi connectivity index (χ0n) is 13.8. The van der Waals surface area contributed by atoms with E-state index in [0.29, 0.717) is 0 Å². The Morgan fingerprint density at radius 2 is 1.85 bits per heavy atom. The molecular formula is C12H11F3N10OS. The Bertz CT molecular complexity index is 968. The molecule has 0 aliphatic heterocycles. The van der Waals surface area contributed by atoms with E-state index in [9.17, 15) is 13.2 Å². The van der Waals surface area contributed by atoms with Gasteiger partial charge >= 0.3 is 6.18 Å². The Balaban J connectivity index is 1.90. The number of pyridine rings is 1. The number of alkyl halides is 3. The molecule has 27 heavy (non-hydrogen) atoms. The number of halogens is 3. The lowest BCUT2D eigenvalue weighted by Crippen LogP contribution is -2.18. The predicted molar refractivity (Wildman–Crippen MR) is 86.5 cm³/mol. The second kappa shape index (κ2) is 7.18. The highest BCUT2D eigenvalue weighted by Crippen LogP contribution is 2.30. The van der Waals surface area contributed by atoms with Crippen molar-refractivity contribution in [2.24, 2.45) is 14.1 Å². The lowest BCUT2D eigenvalue weighted by atomic mass is 10.2. The van der Waals surface area contributed by atoms with Crippen molar-refractivity contribution in [2.75, 3.05) is 5.32 Å². The van der Waals surface area contributed by atoms with E-state index in [-0.39, 0.29) is 34.8 Å². The third-order valence-corrected chi connectivity index (χ3v) is 3.61.